The normalized spacial score (nSPS) is 10.7. The molecule has 0 fully saturated rings. The molecule has 24 heavy (non-hydrogen) atoms. The highest BCUT2D eigenvalue weighted by Crippen LogP contribution is 2.30. The second-order valence-corrected chi connectivity index (χ2v) is 5.51. The predicted octanol–water partition coefficient (Wildman–Crippen LogP) is 4.86. The topological polar surface area (TPSA) is 47.6 Å². The molecule has 126 valence electrons. The highest BCUT2D eigenvalue weighted by molar-refractivity contribution is 6.31. The first-order chi connectivity index (χ1) is 11.5. The van der Waals surface area contributed by atoms with E-state index >= 15 is 0 Å². The number of hydrogen-bond donors (Lipinski definition) is 1. The Morgan fingerprint density at radius 2 is 1.96 bits per heavy atom. The summed E-state index contributed by atoms with van der Waals surface area (Å²) in [6.07, 6.45) is 3.06. The van der Waals surface area contributed by atoms with Gasteiger partial charge in [-0.1, -0.05) is 11.6 Å². The molecule has 0 heterocycles. The molecule has 0 aliphatic heterocycles. The van der Waals surface area contributed by atoms with Crippen molar-refractivity contribution in [2.75, 3.05) is 19.0 Å². The fourth-order valence-corrected chi connectivity index (χ4v) is 2.28. The minimum Gasteiger partial charge on any atom is -0.495 e. The number of carbonyl (C=O) groups is 1. The van der Waals surface area contributed by atoms with Crippen molar-refractivity contribution < 1.29 is 14.3 Å². The van der Waals surface area contributed by atoms with Crippen molar-refractivity contribution in [2.45, 2.75) is 13.8 Å². The van der Waals surface area contributed by atoms with E-state index < -0.39 is 0 Å². The Labute approximate surface area is 147 Å². The van der Waals surface area contributed by atoms with Crippen LogP contribution in [0.25, 0.3) is 0 Å². The van der Waals surface area contributed by atoms with Gasteiger partial charge in [0.1, 0.15) is 11.5 Å². The SMILES string of the molecule is CCOc1ccc(C(=O)/C=C/Nc2cc(C)c(Cl)cc2OC)cc1. The molecule has 0 aliphatic rings. The van der Waals surface area contributed by atoms with Crippen molar-refractivity contribution in [3.05, 3.63) is 64.8 Å². The molecule has 5 heteroatoms. The fraction of sp³-hybridized carbons (Fsp3) is 0.211. The van der Waals surface area contributed by atoms with Gasteiger partial charge >= 0.3 is 0 Å². The van der Waals surface area contributed by atoms with E-state index in [1.54, 1.807) is 43.6 Å². The monoisotopic (exact) mass is 345 g/mol. The zero-order valence-electron chi connectivity index (χ0n) is 13.9. The summed E-state index contributed by atoms with van der Waals surface area (Å²) < 4.78 is 10.6. The number of hydrogen-bond acceptors (Lipinski definition) is 4. The van der Waals surface area contributed by atoms with Crippen LogP contribution in [0.3, 0.4) is 0 Å². The van der Waals surface area contributed by atoms with E-state index in [1.165, 1.54) is 6.08 Å². The molecule has 2 aromatic carbocycles. The zero-order chi connectivity index (χ0) is 17.5. The molecule has 2 aromatic rings. The van der Waals surface area contributed by atoms with Crippen molar-refractivity contribution >= 4 is 23.1 Å². The minimum absolute atomic E-state index is 0.102. The van der Waals surface area contributed by atoms with E-state index in [0.29, 0.717) is 22.9 Å². The summed E-state index contributed by atoms with van der Waals surface area (Å²) in [4.78, 5) is 12.2. The zero-order valence-corrected chi connectivity index (χ0v) is 14.7. The summed E-state index contributed by atoms with van der Waals surface area (Å²) >= 11 is 6.07. The van der Waals surface area contributed by atoms with Crippen molar-refractivity contribution in [1.82, 2.24) is 0 Å². The Morgan fingerprint density at radius 3 is 2.58 bits per heavy atom. The number of carbonyl (C=O) groups excluding carboxylic acids is 1. The summed E-state index contributed by atoms with van der Waals surface area (Å²) in [5.74, 6) is 1.26. The van der Waals surface area contributed by atoms with Crippen LogP contribution in [0, 0.1) is 6.92 Å². The number of ketones is 1. The van der Waals surface area contributed by atoms with E-state index in [0.717, 1.165) is 17.0 Å². The summed E-state index contributed by atoms with van der Waals surface area (Å²) in [6.45, 7) is 4.42. The predicted molar refractivity (Wildman–Crippen MR) is 97.4 cm³/mol. The number of benzene rings is 2. The number of ether oxygens (including phenoxy) is 2. The van der Waals surface area contributed by atoms with Crippen molar-refractivity contribution in [3.63, 3.8) is 0 Å². The van der Waals surface area contributed by atoms with Gasteiger partial charge < -0.3 is 14.8 Å². The largest absolute Gasteiger partial charge is 0.495 e. The molecule has 0 spiro atoms. The fourth-order valence-electron chi connectivity index (χ4n) is 2.13. The van der Waals surface area contributed by atoms with E-state index in [1.807, 2.05) is 19.9 Å². The van der Waals surface area contributed by atoms with Crippen LogP contribution in [-0.4, -0.2) is 19.5 Å². The maximum atomic E-state index is 12.2. The first-order valence-corrected chi connectivity index (χ1v) is 7.97. The second-order valence-electron chi connectivity index (χ2n) is 5.10. The van der Waals surface area contributed by atoms with Gasteiger partial charge in [-0.15, -0.1) is 0 Å². The van der Waals surface area contributed by atoms with Gasteiger partial charge in [-0.3, -0.25) is 4.79 Å². The molecule has 0 aromatic heterocycles. The average molecular weight is 346 g/mol. The summed E-state index contributed by atoms with van der Waals surface area (Å²) in [7, 11) is 1.57. The molecular formula is C19H20ClNO3. The van der Waals surface area contributed by atoms with Gasteiger partial charge in [-0.25, -0.2) is 0 Å². The Hall–Kier alpha value is -2.46. The van der Waals surface area contributed by atoms with Gasteiger partial charge in [0, 0.05) is 28.9 Å². The van der Waals surface area contributed by atoms with Crippen LogP contribution in [0.15, 0.2) is 48.7 Å². The van der Waals surface area contributed by atoms with Crippen LogP contribution in [0.2, 0.25) is 5.02 Å². The van der Waals surface area contributed by atoms with Crippen LogP contribution >= 0.6 is 11.6 Å². The maximum absolute atomic E-state index is 12.2. The molecule has 0 atom stereocenters. The van der Waals surface area contributed by atoms with Crippen molar-refractivity contribution in [1.29, 1.82) is 0 Å². The highest BCUT2D eigenvalue weighted by atomic mass is 35.5. The van der Waals surface area contributed by atoms with Gasteiger partial charge in [0.25, 0.3) is 0 Å². The molecule has 4 nitrogen and oxygen atoms in total. The van der Waals surface area contributed by atoms with Crippen molar-refractivity contribution in [2.24, 2.45) is 0 Å². The Bertz CT molecular complexity index is 739. The number of allylic oxidation sites excluding steroid dienone is 1. The Kier molecular flexibility index (Phi) is 6.27. The molecule has 0 unspecified atom stereocenters. The number of aryl methyl sites for hydroxylation is 1. The van der Waals surface area contributed by atoms with Crippen LogP contribution in [0.4, 0.5) is 5.69 Å². The van der Waals surface area contributed by atoms with Gasteiger partial charge in [-0.2, -0.15) is 0 Å². The smallest absolute Gasteiger partial charge is 0.187 e. The van der Waals surface area contributed by atoms with E-state index in [9.17, 15) is 4.79 Å². The quantitative estimate of drug-likeness (QED) is 0.574. The molecule has 0 aliphatic carbocycles. The molecule has 0 amide bonds. The molecular weight excluding hydrogens is 326 g/mol. The standard InChI is InChI=1S/C19H20ClNO3/c1-4-24-15-7-5-14(6-8-15)18(22)9-10-21-17-11-13(2)16(20)12-19(17)23-3/h5-12,21H,4H2,1-3H3/b10-9+. The molecule has 1 N–H and O–H groups in total. The van der Waals surface area contributed by atoms with Crippen LogP contribution in [0.5, 0.6) is 11.5 Å². The second kappa shape index (κ2) is 8.41. The highest BCUT2D eigenvalue weighted by Gasteiger charge is 2.06. The van der Waals surface area contributed by atoms with Gasteiger partial charge in [0.15, 0.2) is 5.78 Å². The lowest BCUT2D eigenvalue weighted by molar-refractivity contribution is 0.104. The van der Waals surface area contributed by atoms with E-state index in [-0.39, 0.29) is 5.78 Å². The summed E-state index contributed by atoms with van der Waals surface area (Å²) in [6, 6.07) is 10.6. The third-order valence-electron chi connectivity index (χ3n) is 3.40. The maximum Gasteiger partial charge on any atom is 0.187 e. The number of nitrogens with one attached hydrogen (secondary N) is 1. The third-order valence-corrected chi connectivity index (χ3v) is 3.81. The van der Waals surface area contributed by atoms with Crippen LogP contribution in [0.1, 0.15) is 22.8 Å². The molecule has 0 radical (unpaired) electrons. The summed E-state index contributed by atoms with van der Waals surface area (Å²) in [5, 5.41) is 3.69. The summed E-state index contributed by atoms with van der Waals surface area (Å²) in [5.41, 5.74) is 2.26. The Morgan fingerprint density at radius 1 is 1.25 bits per heavy atom. The van der Waals surface area contributed by atoms with Gasteiger partial charge in [0.2, 0.25) is 0 Å². The number of anilines is 1. The lowest BCUT2D eigenvalue weighted by Crippen LogP contribution is -1.98. The first-order valence-electron chi connectivity index (χ1n) is 7.59. The third kappa shape index (κ3) is 4.52. The minimum atomic E-state index is -0.102. The molecule has 0 saturated carbocycles. The number of halogens is 1. The van der Waals surface area contributed by atoms with Gasteiger partial charge in [-0.05, 0) is 49.7 Å². The number of rotatable bonds is 7. The number of methoxy groups -OCH3 is 1. The molecule has 0 saturated heterocycles. The first kappa shape index (κ1) is 17.9. The van der Waals surface area contributed by atoms with Gasteiger partial charge in [0.05, 0.1) is 19.4 Å². The van der Waals surface area contributed by atoms with Crippen LogP contribution in [-0.2, 0) is 0 Å². The lowest BCUT2D eigenvalue weighted by atomic mass is 10.1. The van der Waals surface area contributed by atoms with E-state index in [4.69, 9.17) is 21.1 Å². The van der Waals surface area contributed by atoms with Crippen LogP contribution < -0.4 is 14.8 Å². The van der Waals surface area contributed by atoms with Crippen molar-refractivity contribution in [3.8, 4) is 11.5 Å². The van der Waals surface area contributed by atoms with E-state index in [2.05, 4.69) is 5.32 Å². The average Bonchev–Trinajstić information content (AvgIpc) is 2.58. The Balaban J connectivity index is 2.06. The molecule has 0 bridgehead atoms. The molecule has 2 rings (SSSR count). The lowest BCUT2D eigenvalue weighted by Gasteiger charge is -2.10.